The first-order chi connectivity index (χ1) is 9.75. The molecule has 0 bridgehead atoms. The van der Waals surface area contributed by atoms with Crippen LogP contribution in [0.2, 0.25) is 0 Å². The van der Waals surface area contributed by atoms with Gasteiger partial charge in [0.15, 0.2) is 6.61 Å². The van der Waals surface area contributed by atoms with Crippen molar-refractivity contribution in [2.24, 2.45) is 5.10 Å². The summed E-state index contributed by atoms with van der Waals surface area (Å²) in [6, 6.07) is 15.1. The summed E-state index contributed by atoms with van der Waals surface area (Å²) in [5, 5.41) is 3.67. The van der Waals surface area contributed by atoms with Gasteiger partial charge in [0.1, 0.15) is 11.6 Å². The van der Waals surface area contributed by atoms with Gasteiger partial charge in [0, 0.05) is 5.56 Å². The first-order valence-electron chi connectivity index (χ1n) is 6.00. The molecule has 2 aromatic rings. The average molecular weight is 272 g/mol. The molecule has 0 heterocycles. The maximum atomic E-state index is 13.3. The molecular formula is C15H13FN2O2. The normalized spacial score (nSPS) is 10.4. The Morgan fingerprint density at radius 1 is 1.15 bits per heavy atom. The standard InChI is InChI=1S/C15H13FN2O2/c16-14-9-5-4-6-12(14)10-17-18-15(19)11-20-13-7-2-1-3-8-13/h1-10H,11H2,(H,18,19)/b17-10+. The molecule has 4 nitrogen and oxygen atoms in total. The molecule has 0 atom stereocenters. The molecule has 0 aliphatic heterocycles. The molecule has 0 spiro atoms. The zero-order valence-corrected chi connectivity index (χ0v) is 10.6. The third-order valence-corrected chi connectivity index (χ3v) is 2.41. The third-order valence-electron chi connectivity index (χ3n) is 2.41. The number of nitrogens with zero attached hydrogens (tertiary/aromatic N) is 1. The van der Waals surface area contributed by atoms with Crippen LogP contribution < -0.4 is 10.2 Å². The monoisotopic (exact) mass is 272 g/mol. The number of hydrazone groups is 1. The minimum atomic E-state index is -0.415. The van der Waals surface area contributed by atoms with Crippen molar-refractivity contribution in [1.82, 2.24) is 5.43 Å². The van der Waals surface area contributed by atoms with E-state index in [0.29, 0.717) is 11.3 Å². The number of para-hydroxylation sites is 1. The van der Waals surface area contributed by atoms with Crippen LogP contribution in [0.5, 0.6) is 5.75 Å². The van der Waals surface area contributed by atoms with Crippen molar-refractivity contribution in [1.29, 1.82) is 0 Å². The van der Waals surface area contributed by atoms with Gasteiger partial charge >= 0.3 is 0 Å². The summed E-state index contributed by atoms with van der Waals surface area (Å²) >= 11 is 0. The quantitative estimate of drug-likeness (QED) is 0.671. The van der Waals surface area contributed by atoms with Crippen molar-refractivity contribution in [3.05, 3.63) is 66.0 Å². The fraction of sp³-hybridized carbons (Fsp3) is 0.0667. The molecule has 5 heteroatoms. The Bertz CT molecular complexity index is 600. The van der Waals surface area contributed by atoms with E-state index in [1.54, 1.807) is 30.3 Å². The summed E-state index contributed by atoms with van der Waals surface area (Å²) in [6.07, 6.45) is 1.25. The zero-order valence-electron chi connectivity index (χ0n) is 10.6. The lowest BCUT2D eigenvalue weighted by molar-refractivity contribution is -0.123. The van der Waals surface area contributed by atoms with E-state index in [1.165, 1.54) is 12.3 Å². The van der Waals surface area contributed by atoms with E-state index in [-0.39, 0.29) is 6.61 Å². The van der Waals surface area contributed by atoms with Gasteiger partial charge in [-0.3, -0.25) is 4.79 Å². The van der Waals surface area contributed by atoms with Crippen molar-refractivity contribution in [3.8, 4) is 5.75 Å². The Morgan fingerprint density at radius 3 is 2.60 bits per heavy atom. The molecule has 0 saturated carbocycles. The van der Waals surface area contributed by atoms with Gasteiger partial charge in [-0.1, -0.05) is 36.4 Å². The second-order valence-corrected chi connectivity index (χ2v) is 3.92. The van der Waals surface area contributed by atoms with Crippen LogP contribution in [-0.4, -0.2) is 18.7 Å². The van der Waals surface area contributed by atoms with Crippen LogP contribution in [0.25, 0.3) is 0 Å². The maximum absolute atomic E-state index is 13.3. The van der Waals surface area contributed by atoms with Gasteiger partial charge in [0.05, 0.1) is 6.21 Å². The molecule has 2 rings (SSSR count). The molecular weight excluding hydrogens is 259 g/mol. The lowest BCUT2D eigenvalue weighted by Crippen LogP contribution is -2.24. The number of halogens is 1. The van der Waals surface area contributed by atoms with E-state index in [4.69, 9.17) is 4.74 Å². The van der Waals surface area contributed by atoms with Gasteiger partial charge in [-0.2, -0.15) is 5.10 Å². The van der Waals surface area contributed by atoms with Gasteiger partial charge in [-0.15, -0.1) is 0 Å². The number of hydrogen-bond acceptors (Lipinski definition) is 3. The summed E-state index contributed by atoms with van der Waals surface area (Å²) < 4.78 is 18.5. The molecule has 0 unspecified atom stereocenters. The van der Waals surface area contributed by atoms with Crippen LogP contribution in [0, 0.1) is 5.82 Å². The Labute approximate surface area is 115 Å². The van der Waals surface area contributed by atoms with Crippen LogP contribution in [0.1, 0.15) is 5.56 Å². The third kappa shape index (κ3) is 4.20. The topological polar surface area (TPSA) is 50.7 Å². The first-order valence-corrected chi connectivity index (χ1v) is 6.00. The van der Waals surface area contributed by atoms with E-state index in [1.807, 2.05) is 18.2 Å². The van der Waals surface area contributed by atoms with E-state index < -0.39 is 11.7 Å². The number of rotatable bonds is 5. The Kier molecular flexibility index (Phi) is 4.83. The average Bonchev–Trinajstić information content (AvgIpc) is 2.48. The van der Waals surface area contributed by atoms with Crippen molar-refractivity contribution in [2.75, 3.05) is 6.61 Å². The Balaban J connectivity index is 1.79. The van der Waals surface area contributed by atoms with Crippen LogP contribution in [-0.2, 0) is 4.79 Å². The summed E-state index contributed by atoms with van der Waals surface area (Å²) in [5.74, 6) is -0.215. The van der Waals surface area contributed by atoms with E-state index >= 15 is 0 Å². The Morgan fingerprint density at radius 2 is 1.85 bits per heavy atom. The molecule has 0 saturated heterocycles. The number of hydrogen-bond donors (Lipinski definition) is 1. The molecule has 0 fully saturated rings. The predicted octanol–water partition coefficient (Wildman–Crippen LogP) is 2.35. The van der Waals surface area contributed by atoms with Crippen molar-refractivity contribution >= 4 is 12.1 Å². The van der Waals surface area contributed by atoms with E-state index in [2.05, 4.69) is 10.5 Å². The van der Waals surface area contributed by atoms with Gasteiger partial charge in [0.25, 0.3) is 5.91 Å². The van der Waals surface area contributed by atoms with Gasteiger partial charge in [-0.25, -0.2) is 9.82 Å². The minimum absolute atomic E-state index is 0.154. The van der Waals surface area contributed by atoms with E-state index in [9.17, 15) is 9.18 Å². The minimum Gasteiger partial charge on any atom is -0.484 e. The van der Waals surface area contributed by atoms with Crippen molar-refractivity contribution in [3.63, 3.8) is 0 Å². The molecule has 0 aliphatic carbocycles. The van der Waals surface area contributed by atoms with Crippen molar-refractivity contribution in [2.45, 2.75) is 0 Å². The SMILES string of the molecule is O=C(COc1ccccc1)N/N=C/c1ccccc1F. The van der Waals surface area contributed by atoms with Crippen LogP contribution in [0.3, 0.4) is 0 Å². The second-order valence-electron chi connectivity index (χ2n) is 3.92. The zero-order chi connectivity index (χ0) is 14.2. The first kappa shape index (κ1) is 13.7. The highest BCUT2D eigenvalue weighted by Crippen LogP contribution is 2.07. The molecule has 1 amide bonds. The van der Waals surface area contributed by atoms with Gasteiger partial charge < -0.3 is 4.74 Å². The second kappa shape index (κ2) is 7.04. The number of nitrogens with one attached hydrogen (secondary N) is 1. The van der Waals surface area contributed by atoms with Crippen LogP contribution >= 0.6 is 0 Å². The van der Waals surface area contributed by atoms with Gasteiger partial charge in [-0.05, 0) is 18.2 Å². The number of benzene rings is 2. The predicted molar refractivity (Wildman–Crippen MR) is 74.1 cm³/mol. The number of carbonyl (C=O) groups excluding carboxylic acids is 1. The summed E-state index contributed by atoms with van der Waals surface area (Å²) in [7, 11) is 0. The lowest BCUT2D eigenvalue weighted by Gasteiger charge is -2.04. The van der Waals surface area contributed by atoms with E-state index in [0.717, 1.165) is 0 Å². The number of ether oxygens (including phenoxy) is 1. The molecule has 0 radical (unpaired) electrons. The molecule has 0 aromatic heterocycles. The van der Waals surface area contributed by atoms with Gasteiger partial charge in [0.2, 0.25) is 0 Å². The molecule has 2 aromatic carbocycles. The molecule has 0 aliphatic rings. The summed E-state index contributed by atoms with van der Waals surface area (Å²) in [6.45, 7) is -0.154. The fourth-order valence-corrected chi connectivity index (χ4v) is 1.45. The Hall–Kier alpha value is -2.69. The largest absolute Gasteiger partial charge is 0.484 e. The molecule has 20 heavy (non-hydrogen) atoms. The maximum Gasteiger partial charge on any atom is 0.277 e. The highest BCUT2D eigenvalue weighted by atomic mass is 19.1. The lowest BCUT2D eigenvalue weighted by atomic mass is 10.2. The summed E-state index contributed by atoms with van der Waals surface area (Å²) in [5.41, 5.74) is 2.57. The molecule has 102 valence electrons. The highest BCUT2D eigenvalue weighted by Gasteiger charge is 2.01. The van der Waals surface area contributed by atoms with Crippen LogP contribution in [0.15, 0.2) is 59.7 Å². The van der Waals surface area contributed by atoms with Crippen LogP contribution in [0.4, 0.5) is 4.39 Å². The molecule has 1 N–H and O–H groups in total. The summed E-state index contributed by atoms with van der Waals surface area (Å²) in [4.78, 5) is 11.4. The highest BCUT2D eigenvalue weighted by molar-refractivity contribution is 5.83. The smallest absolute Gasteiger partial charge is 0.277 e. The number of carbonyl (C=O) groups is 1. The number of amides is 1. The van der Waals surface area contributed by atoms with Crippen molar-refractivity contribution < 1.29 is 13.9 Å². The fourth-order valence-electron chi connectivity index (χ4n) is 1.45.